The van der Waals surface area contributed by atoms with Crippen molar-refractivity contribution in [3.05, 3.63) is 0 Å². The summed E-state index contributed by atoms with van der Waals surface area (Å²) in [6, 6.07) is -0.996. The van der Waals surface area contributed by atoms with Crippen molar-refractivity contribution in [3.63, 3.8) is 0 Å². The minimum Gasteiger partial charge on any atom is -0.394 e. The van der Waals surface area contributed by atoms with Gasteiger partial charge in [0.05, 0.1) is 25.4 Å². The zero-order valence-corrected chi connectivity index (χ0v) is 42.7. The minimum absolute atomic E-state index is 0.253. The van der Waals surface area contributed by atoms with E-state index in [1.54, 1.807) is 0 Å². The summed E-state index contributed by atoms with van der Waals surface area (Å²) in [5.41, 5.74) is 0. The van der Waals surface area contributed by atoms with E-state index >= 15 is 0 Å². The number of nitrogens with zero attached hydrogens (tertiary/aromatic N) is 1. The molecule has 0 aromatic heterocycles. The molecule has 0 aliphatic carbocycles. The topological polar surface area (TPSA) is 172 Å². The normalized spacial score (nSPS) is 20.4. The number of hydrogen-bond donors (Lipinski definition) is 7. The van der Waals surface area contributed by atoms with Gasteiger partial charge in [-0.2, -0.15) is 0 Å². The van der Waals surface area contributed by atoms with Crippen LogP contribution in [0.2, 0.25) is 0 Å². The van der Waals surface area contributed by atoms with E-state index in [4.69, 9.17) is 9.47 Å². The number of unbranched alkanes of at least 4 members (excludes halogenated alkanes) is 31. The molecule has 1 rings (SSSR count). The van der Waals surface area contributed by atoms with Gasteiger partial charge in [0, 0.05) is 6.42 Å². The van der Waals surface area contributed by atoms with Crippen LogP contribution in [0.5, 0.6) is 0 Å². The highest BCUT2D eigenvalue weighted by molar-refractivity contribution is 5.76. The van der Waals surface area contributed by atoms with Gasteiger partial charge in [-0.15, -0.1) is 0 Å². The molecule has 1 amide bonds. The van der Waals surface area contributed by atoms with Crippen molar-refractivity contribution in [2.75, 3.05) is 32.8 Å². The maximum Gasteiger partial charge on any atom is 0.220 e. The van der Waals surface area contributed by atoms with E-state index in [1.807, 2.05) is 0 Å². The third-order valence-corrected chi connectivity index (χ3v) is 13.8. The zero-order valence-electron chi connectivity index (χ0n) is 42.7. The van der Waals surface area contributed by atoms with Crippen molar-refractivity contribution >= 4 is 5.91 Å². The second kappa shape index (κ2) is 44.3. The predicted octanol–water partition coefficient (Wildman–Crippen LogP) is 10.8. The molecule has 1 heterocycles. The summed E-state index contributed by atoms with van der Waals surface area (Å²) in [5, 5.41) is 65.8. The predicted molar refractivity (Wildman–Crippen MR) is 268 cm³/mol. The highest BCUT2D eigenvalue weighted by atomic mass is 16.7. The Hall–Kier alpha value is -0.890. The van der Waals surface area contributed by atoms with Crippen LogP contribution in [0.1, 0.15) is 258 Å². The molecule has 0 bridgehead atoms. The third kappa shape index (κ3) is 33.3. The smallest absolute Gasteiger partial charge is 0.220 e. The molecule has 65 heavy (non-hydrogen) atoms. The first-order chi connectivity index (χ1) is 31.7. The lowest BCUT2D eigenvalue weighted by Crippen LogP contribution is -2.60. The molecular formula is C54H108N2O9. The maximum atomic E-state index is 13.2. The van der Waals surface area contributed by atoms with Gasteiger partial charge < -0.3 is 50.3 Å². The number of carbonyl (C=O) groups excluding carboxylic acids is 1. The number of rotatable bonds is 48. The van der Waals surface area contributed by atoms with Crippen LogP contribution in [0.15, 0.2) is 0 Å². The molecule has 1 aliphatic heterocycles. The largest absolute Gasteiger partial charge is 0.394 e. The molecule has 11 nitrogen and oxygen atoms in total. The van der Waals surface area contributed by atoms with Crippen LogP contribution in [0.25, 0.3) is 0 Å². The highest BCUT2D eigenvalue weighted by Gasteiger charge is 2.44. The summed E-state index contributed by atoms with van der Waals surface area (Å²) < 4.78 is 11.3. The van der Waals surface area contributed by atoms with Gasteiger partial charge >= 0.3 is 0 Å². The molecule has 7 N–H and O–H groups in total. The van der Waals surface area contributed by atoms with Crippen LogP contribution in [0, 0.1) is 0 Å². The summed E-state index contributed by atoms with van der Waals surface area (Å²) in [5.74, 6) is -0.253. The summed E-state index contributed by atoms with van der Waals surface area (Å²) in [4.78, 5) is 15.9. The summed E-state index contributed by atoms with van der Waals surface area (Å²) in [6.07, 6.45) is 34.7. The van der Waals surface area contributed by atoms with Crippen LogP contribution in [-0.2, 0) is 14.3 Å². The van der Waals surface area contributed by atoms with Gasteiger partial charge in [0.2, 0.25) is 5.91 Å². The van der Waals surface area contributed by atoms with Crippen molar-refractivity contribution < 1.29 is 44.9 Å². The lowest BCUT2D eigenvalue weighted by Gasteiger charge is -2.40. The number of nitrogens with one attached hydrogen (secondary N) is 1. The van der Waals surface area contributed by atoms with Gasteiger partial charge in [-0.3, -0.25) is 4.79 Å². The first kappa shape index (κ1) is 62.1. The highest BCUT2D eigenvalue weighted by Crippen LogP contribution is 2.23. The summed E-state index contributed by atoms with van der Waals surface area (Å²) in [7, 11) is 0. The fourth-order valence-corrected chi connectivity index (χ4v) is 9.32. The molecule has 11 heteroatoms. The second-order valence-corrected chi connectivity index (χ2v) is 20.0. The monoisotopic (exact) mass is 929 g/mol. The van der Waals surface area contributed by atoms with Crippen molar-refractivity contribution in [2.24, 2.45) is 0 Å². The van der Waals surface area contributed by atoms with Crippen molar-refractivity contribution in [1.29, 1.82) is 0 Å². The lowest BCUT2D eigenvalue weighted by molar-refractivity contribution is -0.303. The average molecular weight is 929 g/mol. The van der Waals surface area contributed by atoms with E-state index in [1.165, 1.54) is 186 Å². The molecule has 0 unspecified atom stereocenters. The van der Waals surface area contributed by atoms with E-state index in [9.17, 15) is 35.4 Å². The van der Waals surface area contributed by atoms with Crippen LogP contribution in [0.4, 0.5) is 0 Å². The molecule has 388 valence electrons. The first-order valence-corrected chi connectivity index (χ1v) is 28.0. The molecule has 1 fully saturated rings. The second-order valence-electron chi connectivity index (χ2n) is 20.0. The average Bonchev–Trinajstić information content (AvgIpc) is 3.30. The van der Waals surface area contributed by atoms with Crippen molar-refractivity contribution in [2.45, 2.75) is 307 Å². The number of carbonyl (C=O) groups is 1. The minimum atomic E-state index is -1.61. The Labute approximate surface area is 400 Å². The maximum absolute atomic E-state index is 13.2. The number of aliphatic hydroxyl groups excluding tert-OH is 6. The SMILES string of the molecule is CCCCCCCCCCCCCC[C@@H](O)[C@@H](O)[C@H](CO[C@H]1O[C@H](CO)[C@H](O)[C@H](O)[C@H]1O)NC(=O)CCCCCCCN(CCCCCCCCCCC)CCCCCCCCCCC. The number of ether oxygens (including phenoxy) is 2. The Morgan fingerprint density at radius 3 is 1.29 bits per heavy atom. The van der Waals surface area contributed by atoms with Crippen LogP contribution in [0.3, 0.4) is 0 Å². The van der Waals surface area contributed by atoms with Gasteiger partial charge in [-0.1, -0.05) is 220 Å². The van der Waals surface area contributed by atoms with E-state index < -0.39 is 55.6 Å². The van der Waals surface area contributed by atoms with Crippen LogP contribution >= 0.6 is 0 Å². The molecule has 0 aromatic rings. The number of aliphatic hydroxyl groups is 6. The van der Waals surface area contributed by atoms with E-state index in [-0.39, 0.29) is 18.9 Å². The van der Waals surface area contributed by atoms with Crippen LogP contribution < -0.4 is 5.32 Å². The Balaban J connectivity index is 2.56. The Bertz CT molecular complexity index is 1000. The van der Waals surface area contributed by atoms with Gasteiger partial charge in [0.25, 0.3) is 0 Å². The standard InChI is InChI=1S/C54H108N2O9/c1-4-7-10-13-16-19-20-21-22-25-29-34-39-47(58)50(60)46(45-64-54-53(63)52(62)51(61)48(44-57)65-54)55-49(59)40-35-30-28-33-38-43-56(41-36-31-26-23-17-14-11-8-5-2)42-37-32-27-24-18-15-12-9-6-3/h46-48,50-54,57-58,60-63H,4-45H2,1-3H3,(H,55,59)/t46-,47+,48+,50-,51-,52-,53+,54-/m0/s1. The molecule has 0 spiro atoms. The van der Waals surface area contributed by atoms with Gasteiger partial charge in [0.1, 0.15) is 30.5 Å². The third-order valence-electron chi connectivity index (χ3n) is 13.8. The molecule has 1 aliphatic rings. The zero-order chi connectivity index (χ0) is 47.6. The number of hydrogen-bond acceptors (Lipinski definition) is 10. The van der Waals surface area contributed by atoms with Crippen LogP contribution in [-0.4, -0.2) is 123 Å². The van der Waals surface area contributed by atoms with E-state index in [0.717, 1.165) is 51.5 Å². The molecule has 0 aromatic carbocycles. The first-order valence-electron chi connectivity index (χ1n) is 28.0. The Morgan fingerprint density at radius 1 is 0.523 bits per heavy atom. The number of amides is 1. The van der Waals surface area contributed by atoms with E-state index in [2.05, 4.69) is 31.0 Å². The molecule has 8 atom stereocenters. The lowest BCUT2D eigenvalue weighted by atomic mass is 9.98. The molecule has 1 saturated heterocycles. The summed E-state index contributed by atoms with van der Waals surface area (Å²) >= 11 is 0. The van der Waals surface area contributed by atoms with Crippen molar-refractivity contribution in [3.8, 4) is 0 Å². The van der Waals surface area contributed by atoms with Gasteiger partial charge in [0.15, 0.2) is 6.29 Å². The Kier molecular flexibility index (Phi) is 42.4. The van der Waals surface area contributed by atoms with E-state index in [0.29, 0.717) is 12.8 Å². The molecular weight excluding hydrogens is 821 g/mol. The fourth-order valence-electron chi connectivity index (χ4n) is 9.32. The van der Waals surface area contributed by atoms with Crippen molar-refractivity contribution in [1.82, 2.24) is 10.2 Å². The fraction of sp³-hybridized carbons (Fsp3) is 0.981. The summed E-state index contributed by atoms with van der Waals surface area (Å²) in [6.45, 7) is 9.45. The molecule has 0 saturated carbocycles. The molecule has 0 radical (unpaired) electrons. The van der Waals surface area contributed by atoms with Gasteiger partial charge in [-0.05, 0) is 51.7 Å². The Morgan fingerprint density at radius 2 is 0.892 bits per heavy atom. The van der Waals surface area contributed by atoms with Gasteiger partial charge in [-0.25, -0.2) is 0 Å². The quantitative estimate of drug-likeness (QED) is 0.0291.